The molecule has 5 nitrogen and oxygen atoms in total. The maximum Gasteiger partial charge on any atom is 0.191 e. The molecular weight excluding hydrogens is 365 g/mol. The SMILES string of the molecule is CCNC(=NCc1cccc(Cn2ccnc2C)c1)NCc1ccc(C)c(F)c1. The number of imidazole rings is 1. The molecule has 2 aromatic carbocycles. The van der Waals surface area contributed by atoms with Crippen LogP contribution in [0.1, 0.15) is 35.0 Å². The topological polar surface area (TPSA) is 54.2 Å². The fraction of sp³-hybridized carbons (Fsp3) is 0.304. The van der Waals surface area contributed by atoms with Crippen molar-refractivity contribution in [2.45, 2.75) is 40.4 Å². The summed E-state index contributed by atoms with van der Waals surface area (Å²) in [5.41, 5.74) is 3.89. The summed E-state index contributed by atoms with van der Waals surface area (Å²) in [7, 11) is 0. The largest absolute Gasteiger partial charge is 0.357 e. The van der Waals surface area contributed by atoms with Crippen LogP contribution in [0.2, 0.25) is 0 Å². The number of nitrogens with one attached hydrogen (secondary N) is 2. The predicted octanol–water partition coefficient (Wildman–Crippen LogP) is 3.94. The number of guanidine groups is 1. The van der Waals surface area contributed by atoms with Gasteiger partial charge in [0.1, 0.15) is 11.6 Å². The standard InChI is InChI=1S/C23H28FN5/c1-4-25-23(28-15-20-9-8-17(2)22(24)13-20)27-14-19-6-5-7-21(12-19)16-29-11-10-26-18(29)3/h5-13H,4,14-16H2,1-3H3,(H2,25,27,28). The summed E-state index contributed by atoms with van der Waals surface area (Å²) < 4.78 is 15.9. The van der Waals surface area contributed by atoms with Crippen LogP contribution >= 0.6 is 0 Å². The van der Waals surface area contributed by atoms with Crippen molar-refractivity contribution in [3.63, 3.8) is 0 Å². The Morgan fingerprint density at radius 3 is 2.62 bits per heavy atom. The van der Waals surface area contributed by atoms with Gasteiger partial charge in [-0.1, -0.05) is 36.4 Å². The van der Waals surface area contributed by atoms with E-state index in [1.165, 1.54) is 5.56 Å². The van der Waals surface area contributed by atoms with Crippen molar-refractivity contribution in [2.75, 3.05) is 6.54 Å². The number of rotatable bonds is 7. The van der Waals surface area contributed by atoms with Crippen LogP contribution in [0.15, 0.2) is 59.9 Å². The van der Waals surface area contributed by atoms with Crippen molar-refractivity contribution in [1.29, 1.82) is 0 Å². The van der Waals surface area contributed by atoms with Crippen molar-refractivity contribution >= 4 is 5.96 Å². The summed E-state index contributed by atoms with van der Waals surface area (Å²) in [6, 6.07) is 13.7. The van der Waals surface area contributed by atoms with E-state index < -0.39 is 0 Å². The van der Waals surface area contributed by atoms with Crippen molar-refractivity contribution in [3.05, 3.63) is 88.8 Å². The lowest BCUT2D eigenvalue weighted by atomic mass is 10.1. The van der Waals surface area contributed by atoms with Gasteiger partial charge < -0.3 is 15.2 Å². The van der Waals surface area contributed by atoms with Gasteiger partial charge in [-0.15, -0.1) is 0 Å². The Kier molecular flexibility index (Phi) is 7.00. The van der Waals surface area contributed by atoms with E-state index in [-0.39, 0.29) is 5.82 Å². The van der Waals surface area contributed by atoms with E-state index in [1.54, 1.807) is 19.1 Å². The smallest absolute Gasteiger partial charge is 0.191 e. The fourth-order valence-corrected chi connectivity index (χ4v) is 3.04. The molecule has 0 fully saturated rings. The molecule has 3 rings (SSSR count). The van der Waals surface area contributed by atoms with Gasteiger partial charge in [0.15, 0.2) is 5.96 Å². The Bertz CT molecular complexity index is 977. The molecule has 0 unspecified atom stereocenters. The molecule has 29 heavy (non-hydrogen) atoms. The molecule has 0 saturated heterocycles. The van der Waals surface area contributed by atoms with Gasteiger partial charge in [-0.2, -0.15) is 0 Å². The van der Waals surface area contributed by atoms with Gasteiger partial charge >= 0.3 is 0 Å². The molecule has 0 spiro atoms. The molecule has 0 atom stereocenters. The number of aryl methyl sites for hydroxylation is 2. The van der Waals surface area contributed by atoms with Gasteiger partial charge in [0.2, 0.25) is 0 Å². The molecule has 0 amide bonds. The van der Waals surface area contributed by atoms with E-state index in [1.807, 2.05) is 32.3 Å². The second-order valence-corrected chi connectivity index (χ2v) is 7.05. The van der Waals surface area contributed by atoms with Crippen LogP contribution in [-0.4, -0.2) is 22.1 Å². The van der Waals surface area contributed by atoms with Crippen molar-refractivity contribution in [2.24, 2.45) is 4.99 Å². The van der Waals surface area contributed by atoms with Gasteiger partial charge in [0.25, 0.3) is 0 Å². The molecule has 1 aromatic heterocycles. The first-order valence-corrected chi connectivity index (χ1v) is 9.88. The van der Waals surface area contributed by atoms with Gasteiger partial charge in [-0.25, -0.2) is 14.4 Å². The third-order valence-electron chi connectivity index (χ3n) is 4.73. The molecule has 0 aliphatic rings. The van der Waals surface area contributed by atoms with Crippen LogP contribution in [0, 0.1) is 19.7 Å². The number of benzene rings is 2. The van der Waals surface area contributed by atoms with Gasteiger partial charge in [0.05, 0.1) is 6.54 Å². The zero-order chi connectivity index (χ0) is 20.6. The lowest BCUT2D eigenvalue weighted by molar-refractivity contribution is 0.615. The molecule has 0 aliphatic carbocycles. The van der Waals surface area contributed by atoms with Crippen LogP contribution in [0.5, 0.6) is 0 Å². The van der Waals surface area contributed by atoms with Gasteiger partial charge in [0, 0.05) is 32.0 Å². The highest BCUT2D eigenvalue weighted by Gasteiger charge is 2.03. The summed E-state index contributed by atoms with van der Waals surface area (Å²) in [5.74, 6) is 1.53. The van der Waals surface area contributed by atoms with Gasteiger partial charge in [-0.3, -0.25) is 0 Å². The predicted molar refractivity (Wildman–Crippen MR) is 115 cm³/mol. The molecule has 1 heterocycles. The molecule has 0 saturated carbocycles. The summed E-state index contributed by atoms with van der Waals surface area (Å²) >= 11 is 0. The quantitative estimate of drug-likeness (QED) is 0.472. The molecule has 0 aliphatic heterocycles. The number of aliphatic imine (C=N–C) groups is 1. The zero-order valence-corrected chi connectivity index (χ0v) is 17.2. The highest BCUT2D eigenvalue weighted by molar-refractivity contribution is 5.79. The number of hydrogen-bond acceptors (Lipinski definition) is 2. The van der Waals surface area contributed by atoms with Crippen molar-refractivity contribution < 1.29 is 4.39 Å². The third kappa shape index (κ3) is 5.91. The lowest BCUT2D eigenvalue weighted by Crippen LogP contribution is -2.36. The minimum atomic E-state index is -0.184. The summed E-state index contributed by atoms with van der Waals surface area (Å²) in [5, 5.41) is 6.51. The zero-order valence-electron chi connectivity index (χ0n) is 17.2. The lowest BCUT2D eigenvalue weighted by Gasteiger charge is -2.12. The molecular formula is C23H28FN5. The summed E-state index contributed by atoms with van der Waals surface area (Å²) in [6.07, 6.45) is 3.80. The number of hydrogen-bond donors (Lipinski definition) is 2. The number of nitrogens with zero attached hydrogens (tertiary/aromatic N) is 3. The van der Waals surface area contributed by atoms with E-state index in [2.05, 4.69) is 49.4 Å². The van der Waals surface area contributed by atoms with Crippen molar-refractivity contribution in [3.8, 4) is 0 Å². The number of aromatic nitrogens is 2. The Morgan fingerprint density at radius 1 is 1.07 bits per heavy atom. The van der Waals surface area contributed by atoms with E-state index in [9.17, 15) is 4.39 Å². The fourth-order valence-electron chi connectivity index (χ4n) is 3.04. The van der Waals surface area contributed by atoms with Crippen LogP contribution in [0.4, 0.5) is 4.39 Å². The van der Waals surface area contributed by atoms with Crippen LogP contribution in [0.3, 0.4) is 0 Å². The molecule has 6 heteroatoms. The van der Waals surface area contributed by atoms with E-state index in [4.69, 9.17) is 0 Å². The third-order valence-corrected chi connectivity index (χ3v) is 4.73. The highest BCUT2D eigenvalue weighted by Crippen LogP contribution is 2.11. The summed E-state index contributed by atoms with van der Waals surface area (Å²) in [4.78, 5) is 8.95. The second-order valence-electron chi connectivity index (χ2n) is 7.05. The maximum absolute atomic E-state index is 13.7. The summed E-state index contributed by atoms with van der Waals surface area (Å²) in [6.45, 7) is 8.42. The first kappa shape index (κ1) is 20.6. The second kappa shape index (κ2) is 9.87. The van der Waals surface area contributed by atoms with E-state index in [0.717, 1.165) is 30.0 Å². The Balaban J connectivity index is 1.64. The maximum atomic E-state index is 13.7. The van der Waals surface area contributed by atoms with Gasteiger partial charge in [-0.05, 0) is 49.1 Å². The minimum absolute atomic E-state index is 0.184. The molecule has 0 bridgehead atoms. The monoisotopic (exact) mass is 393 g/mol. The van der Waals surface area contributed by atoms with Crippen molar-refractivity contribution in [1.82, 2.24) is 20.2 Å². The average Bonchev–Trinajstić information content (AvgIpc) is 3.11. The average molecular weight is 394 g/mol. The molecule has 3 aromatic rings. The minimum Gasteiger partial charge on any atom is -0.357 e. The van der Waals surface area contributed by atoms with E-state index in [0.29, 0.717) is 24.6 Å². The van der Waals surface area contributed by atoms with Crippen LogP contribution in [0.25, 0.3) is 0 Å². The normalized spacial score (nSPS) is 11.5. The molecule has 0 radical (unpaired) electrons. The van der Waals surface area contributed by atoms with Crippen LogP contribution in [-0.2, 0) is 19.6 Å². The number of halogens is 1. The Morgan fingerprint density at radius 2 is 1.90 bits per heavy atom. The highest BCUT2D eigenvalue weighted by atomic mass is 19.1. The molecule has 2 N–H and O–H groups in total. The Hall–Kier alpha value is -3.15. The first-order valence-electron chi connectivity index (χ1n) is 9.88. The molecule has 152 valence electrons. The Labute approximate surface area is 171 Å². The van der Waals surface area contributed by atoms with E-state index >= 15 is 0 Å². The first-order chi connectivity index (χ1) is 14.0. The van der Waals surface area contributed by atoms with Crippen LogP contribution < -0.4 is 10.6 Å².